The number of para-hydroxylation sites is 1. The number of rotatable bonds is 3. The summed E-state index contributed by atoms with van der Waals surface area (Å²) in [5, 5.41) is 1.59. The summed E-state index contributed by atoms with van der Waals surface area (Å²) in [5.74, 6) is 1.42. The molecule has 3 rings (SSSR count). The van der Waals surface area contributed by atoms with Crippen molar-refractivity contribution in [3.8, 4) is 11.5 Å². The predicted molar refractivity (Wildman–Crippen MR) is 88.9 cm³/mol. The molecule has 0 saturated carbocycles. The fourth-order valence-electron chi connectivity index (χ4n) is 2.06. The molecule has 0 bridgehead atoms. The minimum Gasteiger partial charge on any atom is -0.455 e. The summed E-state index contributed by atoms with van der Waals surface area (Å²) in [7, 11) is 0. The highest BCUT2D eigenvalue weighted by Crippen LogP contribution is 2.35. The average Bonchev–Trinajstić information content (AvgIpc) is 2.49. The maximum absolute atomic E-state index is 6.02. The quantitative estimate of drug-likeness (QED) is 0.720. The smallest absolute Gasteiger partial charge is 0.141 e. The molecule has 0 saturated heterocycles. The van der Waals surface area contributed by atoms with Gasteiger partial charge in [-0.25, -0.2) is 0 Å². The Morgan fingerprint density at radius 1 is 1.10 bits per heavy atom. The van der Waals surface area contributed by atoms with Gasteiger partial charge < -0.3 is 10.5 Å². The van der Waals surface area contributed by atoms with Gasteiger partial charge in [-0.3, -0.25) is 4.98 Å². The van der Waals surface area contributed by atoms with E-state index in [0.29, 0.717) is 17.3 Å². The molecule has 106 valence electrons. The summed E-state index contributed by atoms with van der Waals surface area (Å²) in [6.45, 7) is 0.364. The number of halogens is 2. The van der Waals surface area contributed by atoms with E-state index in [0.717, 1.165) is 26.8 Å². The molecule has 0 aliphatic carbocycles. The summed E-state index contributed by atoms with van der Waals surface area (Å²) < 4.78 is 6.82. The van der Waals surface area contributed by atoms with E-state index in [-0.39, 0.29) is 0 Å². The van der Waals surface area contributed by atoms with E-state index in [2.05, 4.69) is 20.9 Å². The number of hydrogen-bond acceptors (Lipinski definition) is 3. The lowest BCUT2D eigenvalue weighted by molar-refractivity contribution is 0.484. The van der Waals surface area contributed by atoms with Crippen LogP contribution in [0, 0.1) is 0 Å². The van der Waals surface area contributed by atoms with Gasteiger partial charge in [0.2, 0.25) is 0 Å². The summed E-state index contributed by atoms with van der Waals surface area (Å²) in [6.07, 6.45) is 0. The maximum Gasteiger partial charge on any atom is 0.141 e. The van der Waals surface area contributed by atoms with Gasteiger partial charge in [-0.05, 0) is 46.3 Å². The third-order valence-electron chi connectivity index (χ3n) is 3.05. The maximum atomic E-state index is 6.02. The van der Waals surface area contributed by atoms with Gasteiger partial charge in [0.25, 0.3) is 0 Å². The van der Waals surface area contributed by atoms with E-state index in [1.165, 1.54) is 0 Å². The highest BCUT2D eigenvalue weighted by molar-refractivity contribution is 9.10. The molecule has 2 aromatic carbocycles. The van der Waals surface area contributed by atoms with Gasteiger partial charge in [-0.15, -0.1) is 0 Å². The second-order valence-corrected chi connectivity index (χ2v) is 5.80. The molecule has 0 aliphatic heterocycles. The average molecular weight is 364 g/mol. The number of nitrogens with zero attached hydrogens (tertiary/aromatic N) is 1. The lowest BCUT2D eigenvalue weighted by Crippen LogP contribution is -2.00. The molecule has 21 heavy (non-hydrogen) atoms. The van der Waals surface area contributed by atoms with E-state index >= 15 is 0 Å². The topological polar surface area (TPSA) is 48.1 Å². The zero-order chi connectivity index (χ0) is 14.8. The van der Waals surface area contributed by atoms with Crippen molar-refractivity contribution in [3.63, 3.8) is 0 Å². The second-order valence-electron chi connectivity index (χ2n) is 4.51. The zero-order valence-electron chi connectivity index (χ0n) is 11.0. The lowest BCUT2D eigenvalue weighted by Gasteiger charge is -2.12. The van der Waals surface area contributed by atoms with Gasteiger partial charge in [0.15, 0.2) is 0 Å². The van der Waals surface area contributed by atoms with Crippen LogP contribution in [-0.4, -0.2) is 4.98 Å². The van der Waals surface area contributed by atoms with E-state index in [1.54, 1.807) is 12.1 Å². The first-order valence-corrected chi connectivity index (χ1v) is 7.56. The SMILES string of the molecule is NCc1cc(Oc2ccc(Cl)cc2Br)c2ccccc2n1. The van der Waals surface area contributed by atoms with Crippen molar-refractivity contribution < 1.29 is 4.74 Å². The molecule has 0 atom stereocenters. The van der Waals surface area contributed by atoms with Crippen LogP contribution in [0.2, 0.25) is 5.02 Å². The van der Waals surface area contributed by atoms with Gasteiger partial charge >= 0.3 is 0 Å². The molecule has 0 aliphatic rings. The largest absolute Gasteiger partial charge is 0.455 e. The second kappa shape index (κ2) is 6.02. The molecule has 3 aromatic rings. The van der Waals surface area contributed by atoms with Gasteiger partial charge in [0.1, 0.15) is 11.5 Å². The molecule has 0 fully saturated rings. The van der Waals surface area contributed by atoms with Gasteiger partial charge in [0.05, 0.1) is 15.7 Å². The van der Waals surface area contributed by atoms with Crippen LogP contribution in [0.3, 0.4) is 0 Å². The van der Waals surface area contributed by atoms with Crippen LogP contribution in [0.4, 0.5) is 0 Å². The number of pyridine rings is 1. The molecule has 0 amide bonds. The Labute approximate surface area is 135 Å². The number of aromatic nitrogens is 1. The number of ether oxygens (including phenoxy) is 1. The van der Waals surface area contributed by atoms with Crippen LogP contribution in [-0.2, 0) is 6.54 Å². The molecule has 2 N–H and O–H groups in total. The summed E-state index contributed by atoms with van der Waals surface area (Å²) in [6, 6.07) is 15.1. The van der Waals surface area contributed by atoms with Crippen LogP contribution in [0.15, 0.2) is 53.0 Å². The first kappa shape index (κ1) is 14.3. The molecule has 0 unspecified atom stereocenters. The van der Waals surface area contributed by atoms with Gasteiger partial charge in [-0.2, -0.15) is 0 Å². The zero-order valence-corrected chi connectivity index (χ0v) is 13.4. The van der Waals surface area contributed by atoms with Crippen LogP contribution in [0.25, 0.3) is 10.9 Å². The standard InChI is InChI=1S/C16H12BrClN2O/c17-13-7-10(18)5-6-15(13)21-16-8-11(9-19)20-14-4-2-1-3-12(14)16/h1-8H,9,19H2. The minimum atomic E-state index is 0.364. The Bertz CT molecular complexity index is 807. The molecule has 1 aromatic heterocycles. The van der Waals surface area contributed by atoms with Gasteiger partial charge in [-0.1, -0.05) is 23.7 Å². The fourth-order valence-corrected chi connectivity index (χ4v) is 2.82. The normalized spacial score (nSPS) is 10.8. The van der Waals surface area contributed by atoms with Crippen LogP contribution >= 0.6 is 27.5 Å². The molecule has 0 spiro atoms. The molecular formula is C16H12BrClN2O. The minimum absolute atomic E-state index is 0.364. The number of fused-ring (bicyclic) bond motifs is 1. The molecule has 3 nitrogen and oxygen atoms in total. The van der Waals surface area contributed by atoms with E-state index in [1.807, 2.05) is 36.4 Å². The monoisotopic (exact) mass is 362 g/mol. The third kappa shape index (κ3) is 3.02. The van der Waals surface area contributed by atoms with Crippen molar-refractivity contribution in [1.82, 2.24) is 4.98 Å². The van der Waals surface area contributed by atoms with Crippen LogP contribution in [0.5, 0.6) is 11.5 Å². The third-order valence-corrected chi connectivity index (χ3v) is 3.91. The summed E-state index contributed by atoms with van der Waals surface area (Å²) in [5.41, 5.74) is 7.36. The van der Waals surface area contributed by atoms with Crippen molar-refractivity contribution in [3.05, 3.63) is 63.7 Å². The predicted octanol–water partition coefficient (Wildman–Crippen LogP) is 4.90. The Morgan fingerprint density at radius 3 is 2.67 bits per heavy atom. The Balaban J connectivity index is 2.10. The van der Waals surface area contributed by atoms with Crippen molar-refractivity contribution in [1.29, 1.82) is 0 Å². The first-order chi connectivity index (χ1) is 10.2. The Morgan fingerprint density at radius 2 is 1.90 bits per heavy atom. The Hall–Kier alpha value is -1.62. The van der Waals surface area contributed by atoms with Crippen molar-refractivity contribution in [2.24, 2.45) is 5.73 Å². The van der Waals surface area contributed by atoms with Crippen LogP contribution in [0.1, 0.15) is 5.69 Å². The number of nitrogens with two attached hydrogens (primary N) is 1. The highest BCUT2D eigenvalue weighted by Gasteiger charge is 2.09. The summed E-state index contributed by atoms with van der Waals surface area (Å²) >= 11 is 9.41. The lowest BCUT2D eigenvalue weighted by atomic mass is 10.2. The number of hydrogen-bond donors (Lipinski definition) is 1. The van der Waals surface area contributed by atoms with Crippen molar-refractivity contribution >= 4 is 38.4 Å². The Kier molecular flexibility index (Phi) is 4.10. The fraction of sp³-hybridized carbons (Fsp3) is 0.0625. The van der Waals surface area contributed by atoms with E-state index < -0.39 is 0 Å². The van der Waals surface area contributed by atoms with Crippen molar-refractivity contribution in [2.45, 2.75) is 6.54 Å². The highest BCUT2D eigenvalue weighted by atomic mass is 79.9. The number of benzene rings is 2. The van der Waals surface area contributed by atoms with E-state index in [4.69, 9.17) is 22.1 Å². The molecule has 5 heteroatoms. The molecule has 0 radical (unpaired) electrons. The molecular weight excluding hydrogens is 352 g/mol. The van der Waals surface area contributed by atoms with Crippen molar-refractivity contribution in [2.75, 3.05) is 0 Å². The van der Waals surface area contributed by atoms with E-state index in [9.17, 15) is 0 Å². The van der Waals surface area contributed by atoms with Gasteiger partial charge in [0, 0.05) is 23.0 Å². The first-order valence-electron chi connectivity index (χ1n) is 6.39. The summed E-state index contributed by atoms with van der Waals surface area (Å²) in [4.78, 5) is 4.49. The van der Waals surface area contributed by atoms with Crippen LogP contribution < -0.4 is 10.5 Å². The molecule has 1 heterocycles.